The van der Waals surface area contributed by atoms with Gasteiger partial charge in [0.2, 0.25) is 0 Å². The maximum Gasteiger partial charge on any atom is 0.314 e. The number of aryl methyl sites for hydroxylation is 1. The number of aromatic amines is 1. The zero-order valence-corrected chi connectivity index (χ0v) is 14.3. The number of benzene rings is 1. The number of fused-ring (bicyclic) bond motifs is 1. The molecule has 130 valence electrons. The lowest BCUT2D eigenvalue weighted by Gasteiger charge is -2.22. The second-order valence-electron chi connectivity index (χ2n) is 6.29. The Morgan fingerprint density at radius 3 is 2.71 bits per heavy atom. The number of amides is 2. The summed E-state index contributed by atoms with van der Waals surface area (Å²) >= 11 is 0. The summed E-state index contributed by atoms with van der Waals surface area (Å²) in [7, 11) is 0. The number of para-hydroxylation sites is 1. The molecule has 6 nitrogen and oxygen atoms in total. The van der Waals surface area contributed by atoms with Crippen LogP contribution in [0.3, 0.4) is 0 Å². The van der Waals surface area contributed by atoms with Crippen molar-refractivity contribution in [1.29, 1.82) is 0 Å². The molecule has 0 bridgehead atoms. The van der Waals surface area contributed by atoms with E-state index in [1.807, 2.05) is 19.1 Å². The molecule has 1 aromatic heterocycles. The van der Waals surface area contributed by atoms with Crippen molar-refractivity contribution in [3.8, 4) is 0 Å². The van der Waals surface area contributed by atoms with Gasteiger partial charge in [-0.15, -0.1) is 0 Å². The molecule has 24 heavy (non-hydrogen) atoms. The number of urea groups is 1. The van der Waals surface area contributed by atoms with Crippen molar-refractivity contribution < 1.29 is 14.3 Å². The normalized spacial score (nSPS) is 16.4. The van der Waals surface area contributed by atoms with Crippen molar-refractivity contribution in [2.24, 2.45) is 0 Å². The van der Waals surface area contributed by atoms with Crippen molar-refractivity contribution in [2.75, 3.05) is 26.3 Å². The van der Waals surface area contributed by atoms with E-state index in [2.05, 4.69) is 34.7 Å². The molecule has 3 N–H and O–H groups in total. The summed E-state index contributed by atoms with van der Waals surface area (Å²) in [5.41, 5.74) is 3.55. The zero-order chi connectivity index (χ0) is 17.0. The molecule has 6 heteroatoms. The summed E-state index contributed by atoms with van der Waals surface area (Å²) in [6.45, 7) is 6.32. The number of hydrogen-bond donors (Lipinski definition) is 3. The molecule has 0 atom stereocenters. The third kappa shape index (κ3) is 3.88. The summed E-state index contributed by atoms with van der Waals surface area (Å²) in [6, 6.07) is 8.07. The number of carbonyl (C=O) groups is 1. The molecule has 1 aromatic carbocycles. The number of ether oxygens (including phenoxy) is 2. The number of H-pyrrole nitrogens is 1. The van der Waals surface area contributed by atoms with E-state index in [9.17, 15) is 4.79 Å². The Bertz CT molecular complexity index is 705. The van der Waals surface area contributed by atoms with E-state index < -0.39 is 5.79 Å². The predicted molar refractivity (Wildman–Crippen MR) is 93.1 cm³/mol. The Hall–Kier alpha value is -2.05. The lowest BCUT2D eigenvalue weighted by molar-refractivity contribution is -0.145. The highest BCUT2D eigenvalue weighted by atomic mass is 16.7. The molecule has 0 spiro atoms. The van der Waals surface area contributed by atoms with E-state index in [0.29, 0.717) is 32.7 Å². The van der Waals surface area contributed by atoms with Crippen LogP contribution in [0.1, 0.15) is 24.6 Å². The molecular weight excluding hydrogens is 306 g/mol. The predicted octanol–water partition coefficient (Wildman–Crippen LogP) is 2.47. The van der Waals surface area contributed by atoms with Crippen LogP contribution in [0.4, 0.5) is 4.79 Å². The first-order chi connectivity index (χ1) is 11.6. The summed E-state index contributed by atoms with van der Waals surface area (Å²) in [5.74, 6) is -0.561. The van der Waals surface area contributed by atoms with Gasteiger partial charge in [-0.25, -0.2) is 4.79 Å². The minimum atomic E-state index is -0.561. The van der Waals surface area contributed by atoms with Gasteiger partial charge in [-0.05, 0) is 31.9 Å². The van der Waals surface area contributed by atoms with Crippen LogP contribution in [0.5, 0.6) is 0 Å². The number of hydrogen-bond acceptors (Lipinski definition) is 3. The first-order valence-electron chi connectivity index (χ1n) is 8.43. The van der Waals surface area contributed by atoms with Crippen LogP contribution in [0.15, 0.2) is 24.3 Å². The Morgan fingerprint density at radius 2 is 1.92 bits per heavy atom. The number of aromatic nitrogens is 1. The Morgan fingerprint density at radius 1 is 1.21 bits per heavy atom. The summed E-state index contributed by atoms with van der Waals surface area (Å²) in [6.07, 6.45) is 1.44. The van der Waals surface area contributed by atoms with Gasteiger partial charge in [0, 0.05) is 36.1 Å². The molecule has 2 amide bonds. The minimum Gasteiger partial charge on any atom is -0.358 e. The molecule has 1 fully saturated rings. The SMILES string of the molecule is Cc1[nH]c2ccccc2c1CCNC(=O)NCCC1(C)OCCO1. The average Bonchev–Trinajstić information content (AvgIpc) is 3.12. The van der Waals surface area contributed by atoms with Crippen LogP contribution < -0.4 is 10.6 Å². The van der Waals surface area contributed by atoms with E-state index >= 15 is 0 Å². The topological polar surface area (TPSA) is 75.4 Å². The highest BCUT2D eigenvalue weighted by Gasteiger charge is 2.30. The zero-order valence-electron chi connectivity index (χ0n) is 14.3. The number of rotatable bonds is 6. The molecule has 0 unspecified atom stereocenters. The van der Waals surface area contributed by atoms with Crippen molar-refractivity contribution in [1.82, 2.24) is 15.6 Å². The molecular formula is C18H25N3O3. The van der Waals surface area contributed by atoms with Gasteiger partial charge in [-0.2, -0.15) is 0 Å². The van der Waals surface area contributed by atoms with Crippen LogP contribution in [0, 0.1) is 6.92 Å². The third-order valence-corrected chi connectivity index (χ3v) is 4.45. The molecule has 0 saturated carbocycles. The Balaban J connectivity index is 1.42. The number of nitrogens with one attached hydrogen (secondary N) is 3. The highest BCUT2D eigenvalue weighted by Crippen LogP contribution is 2.22. The molecule has 1 saturated heterocycles. The molecule has 2 aromatic rings. The van der Waals surface area contributed by atoms with Gasteiger partial charge in [0.05, 0.1) is 13.2 Å². The molecule has 0 aliphatic carbocycles. The van der Waals surface area contributed by atoms with Crippen LogP contribution in [-0.4, -0.2) is 43.1 Å². The molecule has 3 rings (SSSR count). The van der Waals surface area contributed by atoms with Gasteiger partial charge < -0.3 is 25.1 Å². The fourth-order valence-corrected chi connectivity index (χ4v) is 3.12. The van der Waals surface area contributed by atoms with Crippen LogP contribution in [0.25, 0.3) is 10.9 Å². The second-order valence-corrected chi connectivity index (χ2v) is 6.29. The van der Waals surface area contributed by atoms with E-state index in [4.69, 9.17) is 9.47 Å². The average molecular weight is 331 g/mol. The van der Waals surface area contributed by atoms with Crippen LogP contribution in [0.2, 0.25) is 0 Å². The van der Waals surface area contributed by atoms with Crippen LogP contribution in [-0.2, 0) is 15.9 Å². The monoisotopic (exact) mass is 331 g/mol. The minimum absolute atomic E-state index is 0.158. The second kappa shape index (κ2) is 7.23. The van der Waals surface area contributed by atoms with Crippen molar-refractivity contribution in [2.45, 2.75) is 32.5 Å². The van der Waals surface area contributed by atoms with Gasteiger partial charge in [-0.3, -0.25) is 0 Å². The van der Waals surface area contributed by atoms with E-state index in [1.165, 1.54) is 10.9 Å². The van der Waals surface area contributed by atoms with Crippen molar-refractivity contribution in [3.63, 3.8) is 0 Å². The Labute approximate surface area is 141 Å². The van der Waals surface area contributed by atoms with Crippen molar-refractivity contribution >= 4 is 16.9 Å². The van der Waals surface area contributed by atoms with Gasteiger partial charge >= 0.3 is 6.03 Å². The largest absolute Gasteiger partial charge is 0.358 e. The van der Waals surface area contributed by atoms with Gasteiger partial charge in [-0.1, -0.05) is 18.2 Å². The maximum absolute atomic E-state index is 11.9. The van der Waals surface area contributed by atoms with E-state index in [0.717, 1.165) is 17.6 Å². The fraction of sp³-hybridized carbons (Fsp3) is 0.500. The Kier molecular flexibility index (Phi) is 5.06. The number of carbonyl (C=O) groups excluding carboxylic acids is 1. The van der Waals surface area contributed by atoms with E-state index in [-0.39, 0.29) is 6.03 Å². The van der Waals surface area contributed by atoms with Crippen molar-refractivity contribution in [3.05, 3.63) is 35.5 Å². The quantitative estimate of drug-likeness (QED) is 0.761. The van der Waals surface area contributed by atoms with Gasteiger partial charge in [0.25, 0.3) is 0 Å². The highest BCUT2D eigenvalue weighted by molar-refractivity contribution is 5.84. The van der Waals surface area contributed by atoms with Gasteiger partial charge in [0.15, 0.2) is 5.79 Å². The summed E-state index contributed by atoms with van der Waals surface area (Å²) < 4.78 is 11.0. The van der Waals surface area contributed by atoms with E-state index in [1.54, 1.807) is 0 Å². The molecule has 2 heterocycles. The lowest BCUT2D eigenvalue weighted by Crippen LogP contribution is -2.40. The first-order valence-corrected chi connectivity index (χ1v) is 8.43. The van der Waals surface area contributed by atoms with Crippen LogP contribution >= 0.6 is 0 Å². The molecule has 0 radical (unpaired) electrons. The third-order valence-electron chi connectivity index (χ3n) is 4.45. The maximum atomic E-state index is 11.9. The molecule has 1 aliphatic rings. The smallest absolute Gasteiger partial charge is 0.314 e. The standard InChI is InChI=1S/C18H25N3O3/c1-13-14(15-5-3-4-6-16(15)21-13)7-9-19-17(22)20-10-8-18(2)23-11-12-24-18/h3-6,21H,7-12H2,1-2H3,(H2,19,20,22). The first kappa shape index (κ1) is 16.8. The lowest BCUT2D eigenvalue weighted by atomic mass is 10.1. The fourth-order valence-electron chi connectivity index (χ4n) is 3.12. The molecule has 1 aliphatic heterocycles. The summed E-state index contributed by atoms with van der Waals surface area (Å²) in [4.78, 5) is 15.3. The summed E-state index contributed by atoms with van der Waals surface area (Å²) in [5, 5.41) is 6.98. The van der Waals surface area contributed by atoms with Gasteiger partial charge in [0.1, 0.15) is 0 Å².